The number of hydrogen-bond donors (Lipinski definition) is 6. The Morgan fingerprint density at radius 1 is 0.500 bits per heavy atom. The predicted octanol–water partition coefficient (Wildman–Crippen LogP) is 8.61. The number of nitrogens with one attached hydrogen (secondary N) is 2. The zero-order valence-corrected chi connectivity index (χ0v) is 32.1. The molecule has 6 N–H and O–H groups in total. The van der Waals surface area contributed by atoms with Gasteiger partial charge in [-0.25, -0.2) is 0 Å². The predicted molar refractivity (Wildman–Crippen MR) is 198 cm³/mol. The first kappa shape index (κ1) is 42.1. The SMILES string of the molecule is CC(C)(C)c1cc(NC(=O)C(CCCCCCC(C(=O)O)C(=O)Nc2cc(C(C)(C)C)c(O)c(C(C)(C)C)c2)C(=O)O)cc(C(C)(C)C)c1O. The number of carbonyl (C=O) groups is 4. The zero-order valence-electron chi connectivity index (χ0n) is 32.1. The molecule has 0 aliphatic carbocycles. The number of phenolic OH excluding ortho intramolecular Hbond substituents is 2. The van der Waals surface area contributed by atoms with Crippen molar-refractivity contribution < 1.29 is 39.6 Å². The minimum Gasteiger partial charge on any atom is -0.507 e. The fourth-order valence-corrected chi connectivity index (χ4v) is 5.94. The standard InChI is InChI=1S/C40H60N2O8/c1-37(2,3)27-19-23(20-28(31(27)43)38(4,5)6)41-33(45)25(35(47)48)17-15-13-14-16-18-26(36(49)50)34(46)42-24-21-29(39(7,8)9)32(44)30(22-24)40(10,11)12/h19-22,25-26,43-44H,13-18H2,1-12H3,(H,41,45)(H,42,46)(H,47,48)(H,49,50). The van der Waals surface area contributed by atoms with Crippen molar-refractivity contribution in [3.63, 3.8) is 0 Å². The highest BCUT2D eigenvalue weighted by atomic mass is 16.4. The molecule has 10 nitrogen and oxygen atoms in total. The second-order valence-corrected chi connectivity index (χ2v) is 17.6. The molecular formula is C40H60N2O8. The molecule has 2 aromatic rings. The quantitative estimate of drug-likeness (QED) is 0.0686. The Kier molecular flexibility index (Phi) is 13.3. The lowest BCUT2D eigenvalue weighted by Crippen LogP contribution is -2.30. The highest BCUT2D eigenvalue weighted by molar-refractivity contribution is 6.05. The van der Waals surface area contributed by atoms with Gasteiger partial charge in [0.25, 0.3) is 0 Å². The summed E-state index contributed by atoms with van der Waals surface area (Å²) in [5.41, 5.74) is 1.74. The number of anilines is 2. The van der Waals surface area contributed by atoms with E-state index in [0.29, 0.717) is 59.3 Å². The number of amides is 2. The molecule has 0 heterocycles. The van der Waals surface area contributed by atoms with E-state index in [1.54, 1.807) is 24.3 Å². The van der Waals surface area contributed by atoms with Gasteiger partial charge in [-0.1, -0.05) is 109 Å². The molecule has 0 saturated heterocycles. The van der Waals surface area contributed by atoms with Crippen LogP contribution < -0.4 is 10.6 Å². The molecule has 0 spiro atoms. The summed E-state index contributed by atoms with van der Waals surface area (Å²) in [6.07, 6.45) is 2.12. The first-order chi connectivity index (χ1) is 22.7. The van der Waals surface area contributed by atoms with Crippen molar-refractivity contribution in [1.82, 2.24) is 0 Å². The number of carbonyl (C=O) groups excluding carboxylic acids is 2. The number of aromatic hydroxyl groups is 2. The monoisotopic (exact) mass is 696 g/mol. The Labute approximate surface area is 298 Å². The summed E-state index contributed by atoms with van der Waals surface area (Å²) in [7, 11) is 0. The van der Waals surface area contributed by atoms with E-state index in [9.17, 15) is 39.6 Å². The largest absolute Gasteiger partial charge is 0.507 e. The summed E-state index contributed by atoms with van der Waals surface area (Å²) in [5.74, 6) is -6.05. The van der Waals surface area contributed by atoms with Crippen LogP contribution in [0.3, 0.4) is 0 Å². The maximum atomic E-state index is 13.2. The van der Waals surface area contributed by atoms with Crippen LogP contribution in [0.25, 0.3) is 0 Å². The number of carboxylic acids is 2. The molecule has 2 unspecified atom stereocenters. The lowest BCUT2D eigenvalue weighted by molar-refractivity contribution is -0.147. The smallest absolute Gasteiger partial charge is 0.316 e. The molecule has 2 amide bonds. The Morgan fingerprint density at radius 3 is 0.940 bits per heavy atom. The van der Waals surface area contributed by atoms with Gasteiger partial charge >= 0.3 is 11.9 Å². The van der Waals surface area contributed by atoms with Crippen molar-refractivity contribution in [2.75, 3.05) is 10.6 Å². The molecule has 0 aromatic heterocycles. The Hall–Kier alpha value is -4.08. The third kappa shape index (κ3) is 11.2. The molecular weight excluding hydrogens is 636 g/mol. The van der Waals surface area contributed by atoms with Gasteiger partial charge in [0.2, 0.25) is 11.8 Å². The van der Waals surface area contributed by atoms with E-state index in [4.69, 9.17) is 0 Å². The third-order valence-corrected chi connectivity index (χ3v) is 8.95. The summed E-state index contributed by atoms with van der Waals surface area (Å²) in [6, 6.07) is 6.74. The minimum atomic E-state index is -1.29. The molecule has 0 saturated carbocycles. The highest BCUT2D eigenvalue weighted by Crippen LogP contribution is 2.42. The van der Waals surface area contributed by atoms with Gasteiger partial charge < -0.3 is 31.1 Å². The Balaban J connectivity index is 2.06. The van der Waals surface area contributed by atoms with Crippen LogP contribution in [0.5, 0.6) is 11.5 Å². The normalized spacial score (nSPS) is 13.8. The van der Waals surface area contributed by atoms with E-state index in [2.05, 4.69) is 10.6 Å². The molecule has 0 aliphatic heterocycles. The van der Waals surface area contributed by atoms with Gasteiger partial charge in [0.1, 0.15) is 23.3 Å². The number of hydrogen-bond acceptors (Lipinski definition) is 6. The summed E-state index contributed by atoms with van der Waals surface area (Å²) in [6.45, 7) is 23.4. The van der Waals surface area contributed by atoms with Crippen molar-refractivity contribution in [3.05, 3.63) is 46.5 Å². The van der Waals surface area contributed by atoms with E-state index in [1.807, 2.05) is 83.1 Å². The number of unbranched alkanes of at least 4 members (excludes halogenated alkanes) is 3. The molecule has 0 radical (unpaired) electrons. The van der Waals surface area contributed by atoms with Crippen LogP contribution in [-0.4, -0.2) is 44.2 Å². The van der Waals surface area contributed by atoms with Gasteiger partial charge in [0.15, 0.2) is 0 Å². The third-order valence-electron chi connectivity index (χ3n) is 8.95. The highest BCUT2D eigenvalue weighted by Gasteiger charge is 2.31. The van der Waals surface area contributed by atoms with E-state index in [0.717, 1.165) is 0 Å². The van der Waals surface area contributed by atoms with Crippen LogP contribution >= 0.6 is 0 Å². The number of aliphatic carboxylic acids is 2. The second kappa shape index (κ2) is 15.9. The van der Waals surface area contributed by atoms with Crippen LogP contribution in [0.1, 0.15) is 144 Å². The number of rotatable bonds is 13. The fraction of sp³-hybridized carbons (Fsp3) is 0.600. The number of carboxylic acid groups (broad SMARTS) is 2. The van der Waals surface area contributed by atoms with Gasteiger partial charge in [-0.05, 0) is 58.8 Å². The number of phenols is 2. The lowest BCUT2D eigenvalue weighted by Gasteiger charge is -2.28. The average molecular weight is 697 g/mol. The van der Waals surface area contributed by atoms with E-state index >= 15 is 0 Å². The van der Waals surface area contributed by atoms with Crippen molar-refractivity contribution in [1.29, 1.82) is 0 Å². The molecule has 2 rings (SSSR count). The summed E-state index contributed by atoms with van der Waals surface area (Å²) in [4.78, 5) is 50.5. The summed E-state index contributed by atoms with van der Waals surface area (Å²) in [5, 5.41) is 47.2. The van der Waals surface area contributed by atoms with Crippen molar-refractivity contribution in [3.8, 4) is 11.5 Å². The Morgan fingerprint density at radius 2 is 0.740 bits per heavy atom. The van der Waals surface area contributed by atoms with E-state index in [-0.39, 0.29) is 24.3 Å². The molecule has 50 heavy (non-hydrogen) atoms. The van der Waals surface area contributed by atoms with Gasteiger partial charge in [0.05, 0.1) is 0 Å². The summed E-state index contributed by atoms with van der Waals surface area (Å²) >= 11 is 0. The first-order valence-electron chi connectivity index (χ1n) is 17.5. The molecule has 0 aliphatic rings. The molecule has 0 fully saturated rings. The average Bonchev–Trinajstić information content (AvgIpc) is 2.93. The lowest BCUT2D eigenvalue weighted by atomic mass is 9.79. The van der Waals surface area contributed by atoms with Crippen LogP contribution in [0, 0.1) is 11.8 Å². The molecule has 0 bridgehead atoms. The summed E-state index contributed by atoms with van der Waals surface area (Å²) < 4.78 is 0. The minimum absolute atomic E-state index is 0.0907. The van der Waals surface area contributed by atoms with Crippen molar-refractivity contribution >= 4 is 35.1 Å². The molecule has 10 heteroatoms. The van der Waals surface area contributed by atoms with Crippen LogP contribution in [0.15, 0.2) is 24.3 Å². The van der Waals surface area contributed by atoms with Gasteiger partial charge in [-0.3, -0.25) is 19.2 Å². The van der Waals surface area contributed by atoms with Crippen LogP contribution in [0.2, 0.25) is 0 Å². The zero-order chi connectivity index (χ0) is 38.6. The number of benzene rings is 2. The maximum absolute atomic E-state index is 13.2. The van der Waals surface area contributed by atoms with Crippen LogP contribution in [0.4, 0.5) is 11.4 Å². The molecule has 2 aromatic carbocycles. The van der Waals surface area contributed by atoms with Gasteiger partial charge in [0, 0.05) is 33.6 Å². The van der Waals surface area contributed by atoms with Crippen molar-refractivity contribution in [2.24, 2.45) is 11.8 Å². The second-order valence-electron chi connectivity index (χ2n) is 17.6. The Bertz CT molecular complexity index is 1380. The van der Waals surface area contributed by atoms with Crippen LogP contribution in [-0.2, 0) is 40.8 Å². The van der Waals surface area contributed by atoms with Gasteiger partial charge in [-0.15, -0.1) is 0 Å². The molecule has 278 valence electrons. The van der Waals surface area contributed by atoms with Crippen molar-refractivity contribution in [2.45, 2.75) is 143 Å². The molecule has 2 atom stereocenters. The fourth-order valence-electron chi connectivity index (χ4n) is 5.94. The maximum Gasteiger partial charge on any atom is 0.316 e. The van der Waals surface area contributed by atoms with E-state index in [1.165, 1.54) is 0 Å². The first-order valence-corrected chi connectivity index (χ1v) is 17.5. The topological polar surface area (TPSA) is 173 Å². The van der Waals surface area contributed by atoms with Gasteiger partial charge in [-0.2, -0.15) is 0 Å². The van der Waals surface area contributed by atoms with E-state index < -0.39 is 57.2 Å².